The largest absolute Gasteiger partial charge is 0.481 e. The highest BCUT2D eigenvalue weighted by Gasteiger charge is 2.17. The Morgan fingerprint density at radius 2 is 2.14 bits per heavy atom. The maximum Gasteiger partial charge on any atom is 0.308 e. The molecule has 4 nitrogen and oxygen atoms in total. The summed E-state index contributed by atoms with van der Waals surface area (Å²) in [5.41, 5.74) is 0.953. The summed E-state index contributed by atoms with van der Waals surface area (Å²) in [5.74, 6) is -1.50. The minimum absolute atomic E-state index is 0.130. The van der Waals surface area contributed by atoms with Crippen LogP contribution in [0.15, 0.2) is 6.07 Å². The molecule has 0 fully saturated rings. The third-order valence-corrected chi connectivity index (χ3v) is 4.68. The number of halogens is 2. The van der Waals surface area contributed by atoms with Gasteiger partial charge in [-0.25, -0.2) is 0 Å². The maximum absolute atomic E-state index is 11.7. The molecule has 0 bridgehead atoms. The van der Waals surface area contributed by atoms with Gasteiger partial charge >= 0.3 is 5.97 Å². The summed E-state index contributed by atoms with van der Waals surface area (Å²) in [4.78, 5) is 22.7. The summed E-state index contributed by atoms with van der Waals surface area (Å²) >= 11 is 13.2. The number of aliphatic carboxylic acids is 1. The molecule has 1 rings (SSSR count). The van der Waals surface area contributed by atoms with Crippen molar-refractivity contribution in [1.29, 1.82) is 0 Å². The van der Waals surface area contributed by atoms with Crippen molar-refractivity contribution in [3.05, 3.63) is 20.3 Å². The Morgan fingerprint density at radius 1 is 1.43 bits per heavy atom. The van der Waals surface area contributed by atoms with Crippen LogP contribution in [0.3, 0.4) is 0 Å². The fourth-order valence-electron chi connectivity index (χ4n) is 1.97. The van der Waals surface area contributed by atoms with Gasteiger partial charge in [0, 0.05) is 13.0 Å². The second-order valence-corrected chi connectivity index (χ2v) is 7.12. The molecule has 1 amide bonds. The van der Waals surface area contributed by atoms with Crippen molar-refractivity contribution in [3.63, 3.8) is 0 Å². The van der Waals surface area contributed by atoms with Crippen molar-refractivity contribution in [2.45, 2.75) is 39.0 Å². The second-order valence-electron chi connectivity index (χ2n) is 4.83. The molecule has 1 heterocycles. The third-order valence-electron chi connectivity index (χ3n) is 3.11. The lowest BCUT2D eigenvalue weighted by molar-refractivity contribution is -0.141. The van der Waals surface area contributed by atoms with Gasteiger partial charge in [-0.2, -0.15) is 0 Å². The number of rotatable bonds is 9. The van der Waals surface area contributed by atoms with E-state index in [0.29, 0.717) is 34.4 Å². The molecule has 2 N–H and O–H groups in total. The summed E-state index contributed by atoms with van der Waals surface area (Å²) in [6.45, 7) is 2.11. The minimum Gasteiger partial charge on any atom is -0.481 e. The van der Waals surface area contributed by atoms with E-state index in [1.54, 1.807) is 0 Å². The van der Waals surface area contributed by atoms with E-state index < -0.39 is 11.9 Å². The lowest BCUT2D eigenvalue weighted by Gasteiger charge is -2.12. The molecular formula is C14H19Cl2NO3S. The normalized spacial score (nSPS) is 12.1. The van der Waals surface area contributed by atoms with Crippen LogP contribution in [0, 0.1) is 5.92 Å². The van der Waals surface area contributed by atoms with Crippen molar-refractivity contribution in [1.82, 2.24) is 5.32 Å². The van der Waals surface area contributed by atoms with Crippen LogP contribution >= 0.6 is 34.5 Å². The Labute approximate surface area is 138 Å². The van der Waals surface area contributed by atoms with E-state index in [9.17, 15) is 9.59 Å². The fraction of sp³-hybridized carbons (Fsp3) is 0.571. The molecule has 21 heavy (non-hydrogen) atoms. The van der Waals surface area contributed by atoms with Gasteiger partial charge in [-0.15, -0.1) is 11.3 Å². The molecule has 0 aliphatic carbocycles. The standard InChI is InChI=1S/C14H19Cl2NO3S/c1-2-4-10(14(19)20)8-17-12(18)6-3-5-9-7-11(15)21-13(9)16/h7,10H,2-6,8H2,1H3,(H,17,18)(H,19,20). The lowest BCUT2D eigenvalue weighted by atomic mass is 10.0. The topological polar surface area (TPSA) is 66.4 Å². The van der Waals surface area contributed by atoms with Crippen LogP contribution in [0.5, 0.6) is 0 Å². The van der Waals surface area contributed by atoms with E-state index in [1.165, 1.54) is 11.3 Å². The van der Waals surface area contributed by atoms with Gasteiger partial charge in [-0.05, 0) is 30.9 Å². The van der Waals surface area contributed by atoms with E-state index in [0.717, 1.165) is 12.0 Å². The highest BCUT2D eigenvalue weighted by molar-refractivity contribution is 7.20. The van der Waals surface area contributed by atoms with E-state index in [-0.39, 0.29) is 12.5 Å². The first-order chi connectivity index (χ1) is 9.93. The van der Waals surface area contributed by atoms with Crippen LogP contribution in [0.25, 0.3) is 0 Å². The van der Waals surface area contributed by atoms with Crippen LogP contribution in [0.1, 0.15) is 38.2 Å². The first kappa shape index (κ1) is 18.3. The summed E-state index contributed by atoms with van der Waals surface area (Å²) in [7, 11) is 0. The monoisotopic (exact) mass is 351 g/mol. The van der Waals surface area contributed by atoms with Gasteiger partial charge in [0.1, 0.15) is 0 Å². The summed E-state index contributed by atoms with van der Waals surface area (Å²) < 4.78 is 1.30. The minimum atomic E-state index is -0.864. The fourth-order valence-corrected chi connectivity index (χ4v) is 3.52. The van der Waals surface area contributed by atoms with E-state index in [1.807, 2.05) is 13.0 Å². The first-order valence-electron chi connectivity index (χ1n) is 6.87. The summed E-state index contributed by atoms with van der Waals surface area (Å²) in [6.07, 6.45) is 3.04. The first-order valence-corrected chi connectivity index (χ1v) is 8.44. The van der Waals surface area contributed by atoms with Gasteiger partial charge in [-0.1, -0.05) is 36.5 Å². The van der Waals surface area contributed by atoms with Crippen LogP contribution in [-0.2, 0) is 16.0 Å². The molecular weight excluding hydrogens is 333 g/mol. The van der Waals surface area contributed by atoms with Gasteiger partial charge in [0.2, 0.25) is 5.91 Å². The smallest absolute Gasteiger partial charge is 0.308 e. The van der Waals surface area contributed by atoms with Gasteiger partial charge in [0.05, 0.1) is 14.6 Å². The van der Waals surface area contributed by atoms with E-state index in [2.05, 4.69) is 5.32 Å². The third kappa shape index (κ3) is 6.68. The average Bonchev–Trinajstić information content (AvgIpc) is 2.72. The molecule has 1 atom stereocenters. The average molecular weight is 352 g/mol. The number of hydrogen-bond donors (Lipinski definition) is 2. The molecule has 7 heteroatoms. The Hall–Kier alpha value is -0.780. The number of carboxylic acid groups (broad SMARTS) is 1. The van der Waals surface area contributed by atoms with Crippen LogP contribution in [0.2, 0.25) is 8.67 Å². The van der Waals surface area contributed by atoms with Gasteiger partial charge in [-0.3, -0.25) is 9.59 Å². The number of nitrogens with one attached hydrogen (secondary N) is 1. The molecule has 1 aromatic heterocycles. The van der Waals surface area contributed by atoms with Crippen molar-refractivity contribution in [2.24, 2.45) is 5.92 Å². The van der Waals surface area contributed by atoms with Crippen molar-refractivity contribution in [3.8, 4) is 0 Å². The zero-order chi connectivity index (χ0) is 15.8. The van der Waals surface area contributed by atoms with Gasteiger partial charge in [0.15, 0.2) is 0 Å². The highest BCUT2D eigenvalue weighted by Crippen LogP contribution is 2.31. The number of aryl methyl sites for hydroxylation is 1. The second kappa shape index (κ2) is 9.28. The molecule has 1 unspecified atom stereocenters. The van der Waals surface area contributed by atoms with Gasteiger partial charge < -0.3 is 10.4 Å². The molecule has 0 aromatic carbocycles. The van der Waals surface area contributed by atoms with E-state index >= 15 is 0 Å². The zero-order valence-electron chi connectivity index (χ0n) is 11.8. The van der Waals surface area contributed by atoms with Crippen molar-refractivity contribution in [2.75, 3.05) is 6.54 Å². The van der Waals surface area contributed by atoms with Crippen molar-refractivity contribution < 1.29 is 14.7 Å². The Morgan fingerprint density at radius 3 is 2.67 bits per heavy atom. The summed E-state index contributed by atoms with van der Waals surface area (Å²) in [6, 6.07) is 1.81. The highest BCUT2D eigenvalue weighted by atomic mass is 35.5. The molecule has 0 spiro atoms. The van der Waals surface area contributed by atoms with E-state index in [4.69, 9.17) is 28.3 Å². The number of carbonyl (C=O) groups excluding carboxylic acids is 1. The predicted molar refractivity (Wildman–Crippen MR) is 86.3 cm³/mol. The molecule has 118 valence electrons. The van der Waals surface area contributed by atoms with Crippen molar-refractivity contribution >= 4 is 46.4 Å². The summed E-state index contributed by atoms with van der Waals surface area (Å²) in [5, 5.41) is 11.7. The van der Waals surface area contributed by atoms with Crippen LogP contribution in [0.4, 0.5) is 0 Å². The SMILES string of the molecule is CCCC(CNC(=O)CCCc1cc(Cl)sc1Cl)C(=O)O. The van der Waals surface area contributed by atoms with Gasteiger partial charge in [0.25, 0.3) is 0 Å². The molecule has 0 radical (unpaired) electrons. The number of carboxylic acids is 1. The number of hydrogen-bond acceptors (Lipinski definition) is 3. The van der Waals surface area contributed by atoms with Crippen LogP contribution in [-0.4, -0.2) is 23.5 Å². The molecule has 0 saturated carbocycles. The predicted octanol–water partition coefficient (Wildman–Crippen LogP) is 3.99. The number of carbonyl (C=O) groups is 2. The molecule has 1 aromatic rings. The lowest BCUT2D eigenvalue weighted by Crippen LogP contribution is -2.32. The Balaban J connectivity index is 2.28. The molecule has 0 aliphatic rings. The molecule has 0 aliphatic heterocycles. The number of amides is 1. The molecule has 0 saturated heterocycles. The Bertz CT molecular complexity index is 491. The Kier molecular flexibility index (Phi) is 8.07. The number of thiophene rings is 1. The maximum atomic E-state index is 11.7. The quantitative estimate of drug-likeness (QED) is 0.706. The van der Waals surface area contributed by atoms with Crippen LogP contribution < -0.4 is 5.32 Å². The zero-order valence-corrected chi connectivity index (χ0v) is 14.2.